The molecular weight excluding hydrogens is 136 g/mol. The van der Waals surface area contributed by atoms with Crippen LogP contribution in [0.4, 0.5) is 0 Å². The fourth-order valence-corrected chi connectivity index (χ4v) is 1.89. The molecule has 1 rings (SSSR count). The lowest BCUT2D eigenvalue weighted by Gasteiger charge is -2.24. The molecule has 0 aromatic carbocycles. The van der Waals surface area contributed by atoms with Gasteiger partial charge in [-0.1, -0.05) is 18.6 Å². The van der Waals surface area contributed by atoms with Gasteiger partial charge in [0, 0.05) is 6.61 Å². The summed E-state index contributed by atoms with van der Waals surface area (Å²) in [5.41, 5.74) is 1.48. The highest BCUT2D eigenvalue weighted by molar-refractivity contribution is 5.08. The van der Waals surface area contributed by atoms with Crippen LogP contribution in [0.3, 0.4) is 0 Å². The van der Waals surface area contributed by atoms with Gasteiger partial charge in [-0.3, -0.25) is 0 Å². The highest BCUT2D eigenvalue weighted by atomic mass is 16.3. The Morgan fingerprint density at radius 1 is 1.55 bits per heavy atom. The first-order valence-corrected chi connectivity index (χ1v) is 4.53. The van der Waals surface area contributed by atoms with Crippen molar-refractivity contribution in [3.63, 3.8) is 0 Å². The average Bonchev–Trinajstić information content (AvgIpc) is 1.95. The van der Waals surface area contributed by atoms with Crippen LogP contribution in [0.15, 0.2) is 11.6 Å². The minimum Gasteiger partial charge on any atom is -0.396 e. The Kier molecular flexibility index (Phi) is 3.13. The van der Waals surface area contributed by atoms with E-state index < -0.39 is 0 Å². The van der Waals surface area contributed by atoms with Crippen molar-refractivity contribution in [3.8, 4) is 0 Å². The molecular formula is C10H18O. The van der Waals surface area contributed by atoms with E-state index in [1.165, 1.54) is 18.4 Å². The van der Waals surface area contributed by atoms with Gasteiger partial charge < -0.3 is 5.11 Å². The second kappa shape index (κ2) is 3.91. The highest BCUT2D eigenvalue weighted by Crippen LogP contribution is 2.29. The summed E-state index contributed by atoms with van der Waals surface area (Å²) in [5.74, 6) is 1.42. The number of aliphatic hydroxyl groups excluding tert-OH is 1. The monoisotopic (exact) mass is 154 g/mol. The predicted octanol–water partition coefficient (Wildman–Crippen LogP) is 2.36. The van der Waals surface area contributed by atoms with E-state index in [0.717, 1.165) is 12.3 Å². The second-order valence-corrected chi connectivity index (χ2v) is 3.67. The molecule has 1 heteroatoms. The minimum atomic E-state index is 0.338. The van der Waals surface area contributed by atoms with Gasteiger partial charge in [0.25, 0.3) is 0 Å². The van der Waals surface area contributed by atoms with Crippen molar-refractivity contribution in [2.75, 3.05) is 6.61 Å². The van der Waals surface area contributed by atoms with Crippen LogP contribution in [0.5, 0.6) is 0 Å². The van der Waals surface area contributed by atoms with E-state index in [0.29, 0.717) is 12.5 Å². The number of allylic oxidation sites excluding steroid dienone is 2. The van der Waals surface area contributed by atoms with Crippen LogP contribution in [-0.2, 0) is 0 Å². The van der Waals surface area contributed by atoms with Crippen LogP contribution >= 0.6 is 0 Å². The molecule has 0 fully saturated rings. The maximum atomic E-state index is 8.77. The minimum absolute atomic E-state index is 0.338. The predicted molar refractivity (Wildman–Crippen MR) is 47.3 cm³/mol. The molecule has 2 atom stereocenters. The molecule has 0 saturated carbocycles. The van der Waals surface area contributed by atoms with Crippen molar-refractivity contribution in [2.24, 2.45) is 11.8 Å². The van der Waals surface area contributed by atoms with Crippen LogP contribution in [0.2, 0.25) is 0 Å². The third kappa shape index (κ3) is 2.33. The van der Waals surface area contributed by atoms with Gasteiger partial charge in [-0.25, -0.2) is 0 Å². The van der Waals surface area contributed by atoms with Crippen molar-refractivity contribution >= 4 is 0 Å². The Bertz CT molecular complexity index is 149. The van der Waals surface area contributed by atoms with Crippen LogP contribution < -0.4 is 0 Å². The first kappa shape index (κ1) is 8.79. The Morgan fingerprint density at radius 2 is 2.27 bits per heavy atom. The fourth-order valence-electron chi connectivity index (χ4n) is 1.89. The van der Waals surface area contributed by atoms with Gasteiger partial charge in [-0.2, -0.15) is 0 Å². The Balaban J connectivity index is 2.50. The van der Waals surface area contributed by atoms with E-state index in [1.807, 2.05) is 0 Å². The van der Waals surface area contributed by atoms with Crippen molar-refractivity contribution in [3.05, 3.63) is 11.6 Å². The summed E-state index contributed by atoms with van der Waals surface area (Å²) in [5, 5.41) is 8.77. The zero-order chi connectivity index (χ0) is 8.27. The molecule has 0 bridgehead atoms. The molecule has 0 amide bonds. The van der Waals surface area contributed by atoms with E-state index in [4.69, 9.17) is 5.11 Å². The van der Waals surface area contributed by atoms with Gasteiger partial charge in [-0.05, 0) is 38.0 Å². The van der Waals surface area contributed by atoms with E-state index in [1.54, 1.807) is 0 Å². The molecule has 64 valence electrons. The van der Waals surface area contributed by atoms with Gasteiger partial charge in [-0.15, -0.1) is 0 Å². The van der Waals surface area contributed by atoms with E-state index >= 15 is 0 Å². The van der Waals surface area contributed by atoms with Gasteiger partial charge in [0.1, 0.15) is 0 Å². The summed E-state index contributed by atoms with van der Waals surface area (Å²) < 4.78 is 0. The fraction of sp³-hybridized carbons (Fsp3) is 0.800. The second-order valence-electron chi connectivity index (χ2n) is 3.67. The third-order valence-electron chi connectivity index (χ3n) is 2.64. The Labute approximate surface area is 69.1 Å². The topological polar surface area (TPSA) is 20.2 Å². The molecule has 0 heterocycles. The molecule has 0 spiro atoms. The largest absolute Gasteiger partial charge is 0.396 e. The van der Waals surface area contributed by atoms with Crippen LogP contribution in [-0.4, -0.2) is 11.7 Å². The van der Waals surface area contributed by atoms with E-state index in [-0.39, 0.29) is 0 Å². The van der Waals surface area contributed by atoms with Crippen molar-refractivity contribution < 1.29 is 5.11 Å². The van der Waals surface area contributed by atoms with Crippen molar-refractivity contribution in [2.45, 2.75) is 33.1 Å². The summed E-state index contributed by atoms with van der Waals surface area (Å²) in [6.45, 7) is 4.79. The molecule has 0 aromatic heterocycles. The van der Waals surface area contributed by atoms with Crippen LogP contribution in [0.1, 0.15) is 33.1 Å². The van der Waals surface area contributed by atoms with E-state index in [9.17, 15) is 0 Å². The zero-order valence-corrected chi connectivity index (χ0v) is 7.51. The molecule has 1 N–H and O–H groups in total. The molecule has 1 nitrogen and oxygen atoms in total. The summed E-state index contributed by atoms with van der Waals surface area (Å²) in [7, 11) is 0. The third-order valence-corrected chi connectivity index (χ3v) is 2.64. The Morgan fingerprint density at radius 3 is 2.82 bits per heavy atom. The number of hydrogen-bond acceptors (Lipinski definition) is 1. The Hall–Kier alpha value is -0.300. The average molecular weight is 154 g/mol. The zero-order valence-electron chi connectivity index (χ0n) is 7.51. The first-order valence-electron chi connectivity index (χ1n) is 4.53. The smallest absolute Gasteiger partial charge is 0.0436 e. The summed E-state index contributed by atoms with van der Waals surface area (Å²) in [6, 6.07) is 0. The van der Waals surface area contributed by atoms with Crippen LogP contribution in [0, 0.1) is 11.8 Å². The summed E-state index contributed by atoms with van der Waals surface area (Å²) >= 11 is 0. The lowest BCUT2D eigenvalue weighted by molar-refractivity contribution is 0.256. The SMILES string of the molecule is CC1=CC(C)CCC1CCO. The van der Waals surface area contributed by atoms with Gasteiger partial charge in [0.05, 0.1) is 0 Å². The molecule has 0 aliphatic heterocycles. The number of aliphatic hydroxyl groups is 1. The normalized spacial score (nSPS) is 31.7. The van der Waals surface area contributed by atoms with Gasteiger partial charge in [0.15, 0.2) is 0 Å². The summed E-state index contributed by atoms with van der Waals surface area (Å²) in [4.78, 5) is 0. The molecule has 2 unspecified atom stereocenters. The number of rotatable bonds is 2. The van der Waals surface area contributed by atoms with Crippen molar-refractivity contribution in [1.29, 1.82) is 0 Å². The quantitative estimate of drug-likeness (QED) is 0.605. The maximum absolute atomic E-state index is 8.77. The maximum Gasteiger partial charge on any atom is 0.0436 e. The number of hydrogen-bond donors (Lipinski definition) is 1. The highest BCUT2D eigenvalue weighted by Gasteiger charge is 2.16. The lowest BCUT2D eigenvalue weighted by atomic mass is 9.82. The van der Waals surface area contributed by atoms with Crippen molar-refractivity contribution in [1.82, 2.24) is 0 Å². The summed E-state index contributed by atoms with van der Waals surface area (Å²) in [6.07, 6.45) is 5.87. The molecule has 0 saturated heterocycles. The lowest BCUT2D eigenvalue weighted by Crippen LogP contribution is -2.12. The molecule has 11 heavy (non-hydrogen) atoms. The van der Waals surface area contributed by atoms with Gasteiger partial charge in [0.2, 0.25) is 0 Å². The molecule has 0 aromatic rings. The van der Waals surface area contributed by atoms with Gasteiger partial charge >= 0.3 is 0 Å². The van der Waals surface area contributed by atoms with E-state index in [2.05, 4.69) is 19.9 Å². The molecule has 1 aliphatic rings. The standard InChI is InChI=1S/C10H18O/c1-8-3-4-10(5-6-11)9(2)7-8/h7-8,10-11H,3-6H2,1-2H3. The first-order chi connectivity index (χ1) is 5.24. The van der Waals surface area contributed by atoms with Crippen LogP contribution in [0.25, 0.3) is 0 Å². The molecule has 0 radical (unpaired) electrons. The molecule has 1 aliphatic carbocycles.